The maximum absolute atomic E-state index is 12.7. The molecule has 0 heterocycles. The molecule has 2 aromatic rings. The van der Waals surface area contributed by atoms with Crippen LogP contribution in [0.3, 0.4) is 0 Å². The van der Waals surface area contributed by atoms with E-state index in [2.05, 4.69) is 5.16 Å². The zero-order chi connectivity index (χ0) is 21.8. The van der Waals surface area contributed by atoms with Gasteiger partial charge in [0.25, 0.3) is 0 Å². The van der Waals surface area contributed by atoms with Gasteiger partial charge in [-0.15, -0.1) is 0 Å². The minimum absolute atomic E-state index is 0.0375. The standard InChI is InChI=1S/C18H17Cl2F3N2O3S/c1-3-16(24-28-10-12-5-6-14(19)15(20)9-12)13-8-11(2)4-7-17(13)25-29(26,27)18(21,22)23/h4-9,25H,3,10H2,1-2H3/b24-16+. The second-order valence-corrected chi connectivity index (χ2v) is 8.50. The van der Waals surface area contributed by atoms with Gasteiger partial charge < -0.3 is 4.84 Å². The summed E-state index contributed by atoms with van der Waals surface area (Å²) in [5.41, 5.74) is -3.83. The average Bonchev–Trinajstić information content (AvgIpc) is 2.62. The zero-order valence-corrected chi connectivity index (χ0v) is 17.7. The Morgan fingerprint density at radius 1 is 1.14 bits per heavy atom. The quantitative estimate of drug-likeness (QED) is 0.406. The molecule has 0 saturated heterocycles. The number of benzene rings is 2. The second kappa shape index (κ2) is 9.23. The lowest BCUT2D eigenvalue weighted by Gasteiger charge is -2.15. The Morgan fingerprint density at radius 2 is 1.83 bits per heavy atom. The molecule has 0 fully saturated rings. The molecule has 158 valence electrons. The zero-order valence-electron chi connectivity index (χ0n) is 15.3. The first-order valence-corrected chi connectivity index (χ1v) is 10.5. The van der Waals surface area contributed by atoms with Crippen LogP contribution in [-0.2, 0) is 21.5 Å². The van der Waals surface area contributed by atoms with Gasteiger partial charge >= 0.3 is 15.5 Å². The van der Waals surface area contributed by atoms with Crippen LogP contribution in [0.4, 0.5) is 18.9 Å². The van der Waals surface area contributed by atoms with Crippen LogP contribution >= 0.6 is 23.2 Å². The number of hydrogen-bond donors (Lipinski definition) is 1. The molecule has 11 heteroatoms. The second-order valence-electron chi connectivity index (χ2n) is 6.01. The Bertz CT molecular complexity index is 1030. The van der Waals surface area contributed by atoms with Crippen molar-refractivity contribution < 1.29 is 26.4 Å². The van der Waals surface area contributed by atoms with E-state index in [9.17, 15) is 21.6 Å². The Morgan fingerprint density at radius 3 is 2.41 bits per heavy atom. The van der Waals surface area contributed by atoms with Gasteiger partial charge in [0, 0.05) is 5.56 Å². The van der Waals surface area contributed by atoms with E-state index in [0.717, 1.165) is 0 Å². The number of rotatable bonds is 7. The van der Waals surface area contributed by atoms with Gasteiger partial charge in [0.1, 0.15) is 6.61 Å². The van der Waals surface area contributed by atoms with Crippen LogP contribution in [0.15, 0.2) is 41.6 Å². The summed E-state index contributed by atoms with van der Waals surface area (Å²) in [7, 11) is -5.57. The fourth-order valence-electron chi connectivity index (χ4n) is 2.31. The van der Waals surface area contributed by atoms with Gasteiger partial charge in [-0.2, -0.15) is 21.6 Å². The summed E-state index contributed by atoms with van der Waals surface area (Å²) in [6.07, 6.45) is 0.283. The van der Waals surface area contributed by atoms with Gasteiger partial charge in [0.15, 0.2) is 0 Å². The van der Waals surface area contributed by atoms with Crippen molar-refractivity contribution in [3.05, 3.63) is 63.1 Å². The summed E-state index contributed by atoms with van der Waals surface area (Å²) in [5, 5.41) is 4.70. The molecule has 0 saturated carbocycles. The molecule has 0 unspecified atom stereocenters. The summed E-state index contributed by atoms with van der Waals surface area (Å²) >= 11 is 11.8. The molecule has 2 aromatic carbocycles. The van der Waals surface area contributed by atoms with E-state index in [1.807, 2.05) is 0 Å². The number of oxime groups is 1. The Hall–Kier alpha value is -1.97. The monoisotopic (exact) mass is 468 g/mol. The smallest absolute Gasteiger partial charge is 0.391 e. The molecule has 0 amide bonds. The number of halogens is 5. The van der Waals surface area contributed by atoms with E-state index in [1.54, 1.807) is 36.8 Å². The first kappa shape index (κ1) is 23.3. The number of nitrogens with zero attached hydrogens (tertiary/aromatic N) is 1. The molecular weight excluding hydrogens is 452 g/mol. The summed E-state index contributed by atoms with van der Waals surface area (Å²) in [4.78, 5) is 5.30. The third-order valence-electron chi connectivity index (χ3n) is 3.76. The lowest BCUT2D eigenvalue weighted by molar-refractivity contribution is -0.0429. The van der Waals surface area contributed by atoms with Gasteiger partial charge in [-0.25, -0.2) is 0 Å². The number of anilines is 1. The molecular formula is C18H17Cl2F3N2O3S. The third kappa shape index (κ3) is 6.01. The molecule has 29 heavy (non-hydrogen) atoms. The molecule has 0 spiro atoms. The van der Waals surface area contributed by atoms with E-state index in [-0.39, 0.29) is 30.0 Å². The largest absolute Gasteiger partial charge is 0.516 e. The van der Waals surface area contributed by atoms with Crippen molar-refractivity contribution in [1.29, 1.82) is 0 Å². The number of hydrogen-bond acceptors (Lipinski definition) is 4. The van der Waals surface area contributed by atoms with Crippen molar-refractivity contribution in [1.82, 2.24) is 0 Å². The maximum Gasteiger partial charge on any atom is 0.516 e. The molecule has 0 aromatic heterocycles. The molecule has 2 rings (SSSR count). The normalized spacial score (nSPS) is 12.7. The summed E-state index contributed by atoms with van der Waals surface area (Å²) < 4.78 is 62.8. The molecule has 0 aliphatic carbocycles. The highest BCUT2D eigenvalue weighted by atomic mass is 35.5. The van der Waals surface area contributed by atoms with Crippen LogP contribution in [0.2, 0.25) is 10.0 Å². The van der Waals surface area contributed by atoms with E-state index in [1.165, 1.54) is 18.2 Å². The first-order valence-electron chi connectivity index (χ1n) is 8.27. The Labute approximate surface area is 176 Å². The van der Waals surface area contributed by atoms with Crippen LogP contribution in [0.5, 0.6) is 0 Å². The van der Waals surface area contributed by atoms with E-state index < -0.39 is 15.5 Å². The van der Waals surface area contributed by atoms with Crippen LogP contribution < -0.4 is 4.72 Å². The topological polar surface area (TPSA) is 67.8 Å². The minimum atomic E-state index is -5.57. The van der Waals surface area contributed by atoms with E-state index >= 15 is 0 Å². The van der Waals surface area contributed by atoms with Crippen LogP contribution in [-0.4, -0.2) is 19.6 Å². The Kier molecular flexibility index (Phi) is 7.42. The van der Waals surface area contributed by atoms with Crippen LogP contribution in [0.1, 0.15) is 30.0 Å². The van der Waals surface area contributed by atoms with Crippen molar-refractivity contribution in [2.75, 3.05) is 4.72 Å². The van der Waals surface area contributed by atoms with Gasteiger partial charge in [-0.1, -0.05) is 53.0 Å². The lowest BCUT2D eigenvalue weighted by Crippen LogP contribution is -2.30. The van der Waals surface area contributed by atoms with Crippen molar-refractivity contribution >= 4 is 44.6 Å². The molecule has 0 radical (unpaired) electrons. The molecule has 1 N–H and O–H groups in total. The van der Waals surface area contributed by atoms with Crippen molar-refractivity contribution in [3.8, 4) is 0 Å². The van der Waals surface area contributed by atoms with Crippen molar-refractivity contribution in [2.24, 2.45) is 5.16 Å². The number of sulfonamides is 1. The molecule has 0 atom stereocenters. The lowest BCUT2D eigenvalue weighted by atomic mass is 10.0. The van der Waals surface area contributed by atoms with Gasteiger partial charge in [-0.3, -0.25) is 4.72 Å². The number of aryl methyl sites for hydroxylation is 1. The van der Waals surface area contributed by atoms with Crippen LogP contribution in [0.25, 0.3) is 0 Å². The van der Waals surface area contributed by atoms with E-state index in [4.69, 9.17) is 28.0 Å². The SMILES string of the molecule is CC/C(=N\OCc1ccc(Cl)c(Cl)c1)c1cc(C)ccc1NS(=O)(=O)C(F)(F)F. The Balaban J connectivity index is 2.30. The fraction of sp³-hybridized carbons (Fsp3) is 0.278. The van der Waals surface area contributed by atoms with Gasteiger partial charge in [0.05, 0.1) is 21.4 Å². The first-order chi connectivity index (χ1) is 13.4. The molecule has 5 nitrogen and oxygen atoms in total. The highest BCUT2D eigenvalue weighted by Gasteiger charge is 2.46. The highest BCUT2D eigenvalue weighted by molar-refractivity contribution is 7.93. The van der Waals surface area contributed by atoms with Crippen molar-refractivity contribution in [3.63, 3.8) is 0 Å². The molecule has 0 aliphatic heterocycles. The highest BCUT2D eigenvalue weighted by Crippen LogP contribution is 2.28. The maximum atomic E-state index is 12.7. The molecule has 0 aliphatic rings. The summed E-state index contributed by atoms with van der Waals surface area (Å²) in [6, 6.07) is 9.14. The van der Waals surface area contributed by atoms with Crippen LogP contribution in [0, 0.1) is 6.92 Å². The fourth-order valence-corrected chi connectivity index (χ4v) is 3.21. The predicted octanol–water partition coefficient (Wildman–Crippen LogP) is 5.89. The van der Waals surface area contributed by atoms with Crippen molar-refractivity contribution in [2.45, 2.75) is 32.4 Å². The summed E-state index contributed by atoms with van der Waals surface area (Å²) in [5.74, 6) is 0. The third-order valence-corrected chi connectivity index (χ3v) is 5.60. The molecule has 0 bridgehead atoms. The number of nitrogens with one attached hydrogen (secondary N) is 1. The van der Waals surface area contributed by atoms with Gasteiger partial charge in [0.2, 0.25) is 0 Å². The number of alkyl halides is 3. The van der Waals surface area contributed by atoms with E-state index in [0.29, 0.717) is 21.2 Å². The minimum Gasteiger partial charge on any atom is -0.391 e. The van der Waals surface area contributed by atoms with Gasteiger partial charge in [-0.05, 0) is 43.2 Å². The average molecular weight is 469 g/mol. The summed E-state index contributed by atoms with van der Waals surface area (Å²) in [6.45, 7) is 3.47. The predicted molar refractivity (Wildman–Crippen MR) is 108 cm³/mol.